The minimum atomic E-state index is -0.397. The number of hydrogen-bond donors (Lipinski definition) is 0. The van der Waals surface area contributed by atoms with E-state index >= 15 is 0 Å². The maximum absolute atomic E-state index is 13.0. The van der Waals surface area contributed by atoms with E-state index in [2.05, 4.69) is 6.92 Å². The van der Waals surface area contributed by atoms with Gasteiger partial charge in [0.2, 0.25) is 0 Å². The lowest BCUT2D eigenvalue weighted by molar-refractivity contribution is -0.273. The van der Waals surface area contributed by atoms with Crippen LogP contribution in [0.2, 0.25) is 0 Å². The van der Waals surface area contributed by atoms with Crippen molar-refractivity contribution in [3.05, 3.63) is 71.3 Å². The summed E-state index contributed by atoms with van der Waals surface area (Å²) in [4.78, 5) is 20.8. The third kappa shape index (κ3) is 3.28. The van der Waals surface area contributed by atoms with E-state index in [1.807, 2.05) is 78.5 Å². The highest BCUT2D eigenvalue weighted by Crippen LogP contribution is 2.30. The van der Waals surface area contributed by atoms with E-state index in [4.69, 9.17) is 4.84 Å². The van der Waals surface area contributed by atoms with Gasteiger partial charge in [0.15, 0.2) is 6.23 Å². The van der Waals surface area contributed by atoms with E-state index in [0.29, 0.717) is 12.1 Å². The molecular formula is C19H22N2O2. The Morgan fingerprint density at radius 2 is 1.74 bits per heavy atom. The van der Waals surface area contributed by atoms with Crippen molar-refractivity contribution in [3.63, 3.8) is 0 Å². The third-order valence-corrected chi connectivity index (χ3v) is 4.27. The number of carbonyl (C=O) groups is 1. The Morgan fingerprint density at radius 1 is 1.09 bits per heavy atom. The molecule has 2 aromatic rings. The molecule has 1 heterocycles. The molecule has 2 aromatic carbocycles. The molecule has 1 fully saturated rings. The Bertz CT molecular complexity index is 670. The van der Waals surface area contributed by atoms with E-state index in [0.717, 1.165) is 11.1 Å². The zero-order chi connectivity index (χ0) is 16.4. The zero-order valence-electron chi connectivity index (χ0n) is 13.8. The molecule has 0 aliphatic carbocycles. The van der Waals surface area contributed by atoms with Crippen molar-refractivity contribution in [2.24, 2.45) is 0 Å². The fourth-order valence-corrected chi connectivity index (χ4v) is 2.72. The number of hydroxylamine groups is 2. The Hall–Kier alpha value is -2.17. The Morgan fingerprint density at radius 3 is 2.39 bits per heavy atom. The molecule has 0 unspecified atom stereocenters. The fourth-order valence-electron chi connectivity index (χ4n) is 2.72. The van der Waals surface area contributed by atoms with Gasteiger partial charge in [-0.25, -0.2) is 0 Å². The maximum Gasteiger partial charge on any atom is 0.256 e. The molecule has 23 heavy (non-hydrogen) atoms. The van der Waals surface area contributed by atoms with Crippen LogP contribution in [0.5, 0.6) is 0 Å². The van der Waals surface area contributed by atoms with Gasteiger partial charge in [0.1, 0.15) is 0 Å². The number of hydrogen-bond acceptors (Lipinski definition) is 3. The van der Waals surface area contributed by atoms with Crippen molar-refractivity contribution in [3.8, 4) is 0 Å². The highest BCUT2D eigenvalue weighted by molar-refractivity contribution is 5.94. The summed E-state index contributed by atoms with van der Waals surface area (Å²) >= 11 is 0. The second-order valence-electron chi connectivity index (χ2n) is 6.09. The normalized spacial score (nSPS) is 22.1. The van der Waals surface area contributed by atoms with Crippen LogP contribution >= 0.6 is 0 Å². The van der Waals surface area contributed by atoms with Crippen molar-refractivity contribution in [2.75, 3.05) is 13.6 Å². The SMILES string of the molecule is Cc1ccc(C(=O)N2C[C@H](C)N(C)O[C@H]2c2ccccc2)cc1. The van der Waals surface area contributed by atoms with Gasteiger partial charge in [-0.05, 0) is 26.0 Å². The van der Waals surface area contributed by atoms with Gasteiger partial charge in [0, 0.05) is 30.8 Å². The Labute approximate surface area is 137 Å². The van der Waals surface area contributed by atoms with Crippen LogP contribution in [-0.4, -0.2) is 35.5 Å². The summed E-state index contributed by atoms with van der Waals surface area (Å²) in [7, 11) is 1.91. The molecule has 4 nitrogen and oxygen atoms in total. The highest BCUT2D eigenvalue weighted by atomic mass is 16.7. The molecule has 0 saturated carbocycles. The number of benzene rings is 2. The Kier molecular flexibility index (Phi) is 4.46. The Balaban J connectivity index is 1.92. The zero-order valence-corrected chi connectivity index (χ0v) is 13.8. The largest absolute Gasteiger partial charge is 0.306 e. The van der Waals surface area contributed by atoms with Crippen molar-refractivity contribution in [2.45, 2.75) is 26.1 Å². The molecule has 0 bridgehead atoms. The number of carbonyl (C=O) groups excluding carboxylic acids is 1. The van der Waals surface area contributed by atoms with Gasteiger partial charge in [-0.1, -0.05) is 48.0 Å². The molecule has 2 atom stereocenters. The molecule has 0 spiro atoms. The summed E-state index contributed by atoms with van der Waals surface area (Å²) in [6.07, 6.45) is -0.397. The lowest BCUT2D eigenvalue weighted by Gasteiger charge is -2.43. The van der Waals surface area contributed by atoms with E-state index in [-0.39, 0.29) is 11.9 Å². The molecule has 3 rings (SSSR count). The second kappa shape index (κ2) is 6.52. The summed E-state index contributed by atoms with van der Waals surface area (Å²) in [6, 6.07) is 17.7. The van der Waals surface area contributed by atoms with Crippen molar-refractivity contribution >= 4 is 5.91 Å². The first-order valence-electron chi connectivity index (χ1n) is 7.88. The average Bonchev–Trinajstić information content (AvgIpc) is 2.58. The van der Waals surface area contributed by atoms with Gasteiger partial charge >= 0.3 is 0 Å². The lowest BCUT2D eigenvalue weighted by Crippen LogP contribution is -2.52. The van der Waals surface area contributed by atoms with Gasteiger partial charge in [0.05, 0.1) is 0 Å². The molecule has 1 aliphatic rings. The molecule has 0 N–H and O–H groups in total. The van der Waals surface area contributed by atoms with E-state index in [9.17, 15) is 4.79 Å². The molecule has 1 saturated heterocycles. The maximum atomic E-state index is 13.0. The number of likely N-dealkylation sites (N-methyl/N-ethyl adjacent to an activating group) is 1. The lowest BCUT2D eigenvalue weighted by atomic mass is 10.1. The number of rotatable bonds is 2. The summed E-state index contributed by atoms with van der Waals surface area (Å²) in [5, 5.41) is 1.83. The van der Waals surface area contributed by atoms with Crippen LogP contribution in [-0.2, 0) is 4.84 Å². The standard InChI is InChI=1S/C19H22N2O2/c1-14-9-11-16(12-10-14)18(22)21-13-15(2)20(3)23-19(21)17-7-5-4-6-8-17/h4-12,15,19H,13H2,1-3H3/t15-,19-/m0/s1. The predicted octanol–water partition coefficient (Wildman–Crippen LogP) is 3.40. The van der Waals surface area contributed by atoms with Crippen molar-refractivity contribution in [1.82, 2.24) is 9.96 Å². The topological polar surface area (TPSA) is 32.8 Å². The third-order valence-electron chi connectivity index (χ3n) is 4.27. The van der Waals surface area contributed by atoms with Crippen LogP contribution in [0, 0.1) is 6.92 Å². The molecule has 1 aliphatic heterocycles. The summed E-state index contributed by atoms with van der Waals surface area (Å²) < 4.78 is 0. The summed E-state index contributed by atoms with van der Waals surface area (Å²) in [5.41, 5.74) is 2.81. The molecule has 4 heteroatoms. The monoisotopic (exact) mass is 310 g/mol. The first-order valence-corrected chi connectivity index (χ1v) is 7.88. The minimum absolute atomic E-state index is 0.00111. The predicted molar refractivity (Wildman–Crippen MR) is 89.7 cm³/mol. The molecule has 120 valence electrons. The molecule has 0 aromatic heterocycles. The van der Waals surface area contributed by atoms with E-state index in [1.165, 1.54) is 0 Å². The number of aryl methyl sites for hydroxylation is 1. The number of nitrogens with zero attached hydrogens (tertiary/aromatic N) is 2. The van der Waals surface area contributed by atoms with Gasteiger partial charge < -0.3 is 4.90 Å². The van der Waals surface area contributed by atoms with Gasteiger partial charge in [-0.15, -0.1) is 0 Å². The van der Waals surface area contributed by atoms with Crippen molar-refractivity contribution < 1.29 is 9.63 Å². The van der Waals surface area contributed by atoms with Gasteiger partial charge in [-0.2, -0.15) is 5.06 Å². The van der Waals surface area contributed by atoms with Crippen LogP contribution in [0.4, 0.5) is 0 Å². The van der Waals surface area contributed by atoms with Crippen LogP contribution in [0.1, 0.15) is 34.6 Å². The quantitative estimate of drug-likeness (QED) is 0.852. The summed E-state index contributed by atoms with van der Waals surface area (Å²) in [6.45, 7) is 4.70. The molecular weight excluding hydrogens is 288 g/mol. The second-order valence-corrected chi connectivity index (χ2v) is 6.09. The highest BCUT2D eigenvalue weighted by Gasteiger charge is 2.35. The van der Waals surface area contributed by atoms with E-state index in [1.54, 1.807) is 0 Å². The minimum Gasteiger partial charge on any atom is -0.306 e. The molecule has 1 amide bonds. The first kappa shape index (κ1) is 15.7. The first-order chi connectivity index (χ1) is 11.1. The smallest absolute Gasteiger partial charge is 0.256 e. The van der Waals surface area contributed by atoms with Crippen LogP contribution in [0.15, 0.2) is 54.6 Å². The van der Waals surface area contributed by atoms with Crippen LogP contribution in [0.3, 0.4) is 0 Å². The van der Waals surface area contributed by atoms with Crippen LogP contribution < -0.4 is 0 Å². The van der Waals surface area contributed by atoms with E-state index < -0.39 is 6.23 Å². The molecule has 0 radical (unpaired) electrons. The average molecular weight is 310 g/mol. The van der Waals surface area contributed by atoms with Crippen LogP contribution in [0.25, 0.3) is 0 Å². The van der Waals surface area contributed by atoms with Gasteiger partial charge in [0.25, 0.3) is 5.91 Å². The summed E-state index contributed by atoms with van der Waals surface area (Å²) in [5.74, 6) is -0.00111. The van der Waals surface area contributed by atoms with Crippen molar-refractivity contribution in [1.29, 1.82) is 0 Å². The fraction of sp³-hybridized carbons (Fsp3) is 0.316. The van der Waals surface area contributed by atoms with Gasteiger partial charge in [-0.3, -0.25) is 9.63 Å². The number of amides is 1.